The number of nitrogens with zero attached hydrogens (tertiary/aromatic N) is 2. The maximum Gasteiger partial charge on any atom is 0.0547 e. The highest BCUT2D eigenvalue weighted by atomic mass is 15.1. The van der Waals surface area contributed by atoms with Gasteiger partial charge < -0.3 is 9.47 Å². The molecule has 0 spiro atoms. The lowest BCUT2D eigenvalue weighted by Gasteiger charge is -2.26. The fourth-order valence-corrected chi connectivity index (χ4v) is 7.26. The van der Waals surface area contributed by atoms with Crippen LogP contribution < -0.4 is 4.90 Å². The number of rotatable bonds is 7. The third-order valence-electron chi connectivity index (χ3n) is 9.57. The van der Waals surface area contributed by atoms with Crippen LogP contribution in [0, 0.1) is 0 Å². The highest BCUT2D eigenvalue weighted by molar-refractivity contribution is 6.15. The Morgan fingerprint density at radius 3 is 1.60 bits per heavy atom. The van der Waals surface area contributed by atoms with Crippen LogP contribution in [0.1, 0.15) is 0 Å². The van der Waals surface area contributed by atoms with Crippen molar-refractivity contribution < 1.29 is 0 Å². The van der Waals surface area contributed by atoms with E-state index >= 15 is 0 Å². The summed E-state index contributed by atoms with van der Waals surface area (Å²) in [6.07, 6.45) is 0. The molecule has 0 N–H and O–H groups in total. The summed E-state index contributed by atoms with van der Waals surface area (Å²) >= 11 is 0. The van der Waals surface area contributed by atoms with Crippen molar-refractivity contribution in [3.8, 4) is 39.1 Å². The fourth-order valence-electron chi connectivity index (χ4n) is 7.26. The van der Waals surface area contributed by atoms with Crippen molar-refractivity contribution in [3.63, 3.8) is 0 Å². The minimum Gasteiger partial charge on any atom is -0.310 e. The number of anilines is 3. The highest BCUT2D eigenvalue weighted by Gasteiger charge is 2.18. The van der Waals surface area contributed by atoms with Crippen LogP contribution in [0.25, 0.3) is 60.9 Å². The minimum absolute atomic E-state index is 1.11. The predicted molar refractivity (Wildman–Crippen MR) is 212 cm³/mol. The summed E-state index contributed by atoms with van der Waals surface area (Å²) in [5.41, 5.74) is 14.1. The van der Waals surface area contributed by atoms with Gasteiger partial charge in [0.05, 0.1) is 11.0 Å². The normalized spacial score (nSPS) is 11.2. The lowest BCUT2D eigenvalue weighted by atomic mass is 9.98. The molecular weight excluding hydrogens is 605 g/mol. The highest BCUT2D eigenvalue weighted by Crippen LogP contribution is 2.41. The molecule has 0 fully saturated rings. The van der Waals surface area contributed by atoms with E-state index in [2.05, 4.69) is 216 Å². The number of hydrogen-bond donors (Lipinski definition) is 0. The summed E-state index contributed by atoms with van der Waals surface area (Å²) in [5, 5.41) is 2.51. The average molecular weight is 639 g/mol. The van der Waals surface area contributed by atoms with E-state index < -0.39 is 0 Å². The third kappa shape index (κ3) is 5.34. The Labute approximate surface area is 292 Å². The lowest BCUT2D eigenvalue weighted by Crippen LogP contribution is -2.09. The summed E-state index contributed by atoms with van der Waals surface area (Å²) in [5.74, 6) is 0. The zero-order valence-electron chi connectivity index (χ0n) is 27.5. The number of fused-ring (bicyclic) bond motifs is 3. The molecule has 236 valence electrons. The zero-order chi connectivity index (χ0) is 33.3. The number of hydrogen-bond acceptors (Lipinski definition) is 1. The quantitative estimate of drug-likeness (QED) is 0.169. The molecule has 1 aromatic heterocycles. The van der Waals surface area contributed by atoms with Gasteiger partial charge in [-0.2, -0.15) is 0 Å². The molecule has 0 bridgehead atoms. The van der Waals surface area contributed by atoms with Crippen LogP contribution in [0.15, 0.2) is 206 Å². The van der Waals surface area contributed by atoms with Gasteiger partial charge in [-0.15, -0.1) is 0 Å². The van der Waals surface area contributed by atoms with Crippen molar-refractivity contribution in [2.45, 2.75) is 0 Å². The zero-order valence-corrected chi connectivity index (χ0v) is 27.5. The Morgan fingerprint density at radius 2 is 0.840 bits per heavy atom. The van der Waals surface area contributed by atoms with Crippen LogP contribution in [-0.2, 0) is 0 Å². The van der Waals surface area contributed by atoms with Gasteiger partial charge in [-0.05, 0) is 100 Å². The number of aromatic nitrogens is 1. The molecule has 8 aromatic carbocycles. The Morgan fingerprint density at radius 1 is 0.320 bits per heavy atom. The Kier molecular flexibility index (Phi) is 7.53. The van der Waals surface area contributed by atoms with Gasteiger partial charge in [-0.25, -0.2) is 0 Å². The molecule has 0 radical (unpaired) electrons. The fraction of sp³-hybridized carbons (Fsp3) is 0. The standard InChI is InChI=1S/C48H34N2/c1-4-15-35(16-5-1)37-17-12-18-38(33-37)36-29-31-42(32-30-36)49(40-20-6-2-7-21-40)43-24-13-19-39(34-43)44-26-14-28-47-48(44)45-25-10-11-27-46(45)50(47)41-22-8-3-9-23-41/h1-34H. The second-order valence-corrected chi connectivity index (χ2v) is 12.6. The topological polar surface area (TPSA) is 8.17 Å². The smallest absolute Gasteiger partial charge is 0.0547 e. The molecule has 1 heterocycles. The van der Waals surface area contributed by atoms with Crippen LogP contribution in [-0.4, -0.2) is 4.57 Å². The predicted octanol–water partition coefficient (Wildman–Crippen LogP) is 13.3. The van der Waals surface area contributed by atoms with Gasteiger partial charge in [0.1, 0.15) is 0 Å². The molecule has 0 aliphatic heterocycles. The molecule has 9 rings (SSSR count). The average Bonchev–Trinajstić information content (AvgIpc) is 3.54. The molecule has 0 unspecified atom stereocenters. The van der Waals surface area contributed by atoms with Crippen molar-refractivity contribution in [1.82, 2.24) is 4.57 Å². The molecule has 0 aliphatic carbocycles. The van der Waals surface area contributed by atoms with Crippen LogP contribution in [0.2, 0.25) is 0 Å². The second kappa shape index (κ2) is 12.8. The van der Waals surface area contributed by atoms with Crippen molar-refractivity contribution in [2.75, 3.05) is 4.90 Å². The van der Waals surface area contributed by atoms with E-state index in [1.165, 1.54) is 55.2 Å². The minimum atomic E-state index is 1.11. The summed E-state index contributed by atoms with van der Waals surface area (Å²) in [6.45, 7) is 0. The molecule has 2 nitrogen and oxygen atoms in total. The molecular formula is C48H34N2. The molecule has 0 saturated carbocycles. The van der Waals surface area contributed by atoms with E-state index in [1.807, 2.05) is 0 Å². The van der Waals surface area contributed by atoms with Crippen molar-refractivity contribution >= 4 is 38.9 Å². The molecule has 9 aromatic rings. The first-order valence-corrected chi connectivity index (χ1v) is 17.1. The Balaban J connectivity index is 1.14. The van der Waals surface area contributed by atoms with Crippen molar-refractivity contribution in [3.05, 3.63) is 206 Å². The van der Waals surface area contributed by atoms with E-state index in [0.29, 0.717) is 0 Å². The Hall–Kier alpha value is -6.64. The van der Waals surface area contributed by atoms with Crippen LogP contribution in [0.5, 0.6) is 0 Å². The van der Waals surface area contributed by atoms with Crippen molar-refractivity contribution in [2.24, 2.45) is 0 Å². The van der Waals surface area contributed by atoms with Gasteiger partial charge >= 0.3 is 0 Å². The summed E-state index contributed by atoms with van der Waals surface area (Å²) in [4.78, 5) is 2.35. The largest absolute Gasteiger partial charge is 0.310 e. The summed E-state index contributed by atoms with van der Waals surface area (Å²) in [7, 11) is 0. The summed E-state index contributed by atoms with van der Waals surface area (Å²) in [6, 6.07) is 74.0. The van der Waals surface area contributed by atoms with Gasteiger partial charge in [-0.1, -0.05) is 140 Å². The molecule has 0 saturated heterocycles. The van der Waals surface area contributed by atoms with Crippen molar-refractivity contribution in [1.29, 1.82) is 0 Å². The number of benzene rings is 8. The van der Waals surface area contributed by atoms with Gasteiger partial charge in [0.15, 0.2) is 0 Å². The van der Waals surface area contributed by atoms with E-state index in [9.17, 15) is 0 Å². The lowest BCUT2D eigenvalue weighted by molar-refractivity contribution is 1.18. The second-order valence-electron chi connectivity index (χ2n) is 12.6. The first kappa shape index (κ1) is 29.5. The van der Waals surface area contributed by atoms with E-state index in [-0.39, 0.29) is 0 Å². The Bertz CT molecular complexity index is 2570. The molecule has 50 heavy (non-hydrogen) atoms. The third-order valence-corrected chi connectivity index (χ3v) is 9.57. The summed E-state index contributed by atoms with van der Waals surface area (Å²) < 4.78 is 2.38. The van der Waals surface area contributed by atoms with E-state index in [1.54, 1.807) is 0 Å². The van der Waals surface area contributed by atoms with Gasteiger partial charge in [0, 0.05) is 33.5 Å². The molecule has 0 aliphatic rings. The maximum atomic E-state index is 2.38. The van der Waals surface area contributed by atoms with Gasteiger partial charge in [0.2, 0.25) is 0 Å². The molecule has 0 atom stereocenters. The van der Waals surface area contributed by atoms with Gasteiger partial charge in [0.25, 0.3) is 0 Å². The molecule has 0 amide bonds. The van der Waals surface area contributed by atoms with E-state index in [4.69, 9.17) is 0 Å². The van der Waals surface area contributed by atoms with Crippen LogP contribution >= 0.6 is 0 Å². The van der Waals surface area contributed by atoms with Crippen LogP contribution in [0.4, 0.5) is 17.1 Å². The first-order chi connectivity index (χ1) is 24.8. The van der Waals surface area contributed by atoms with Gasteiger partial charge in [-0.3, -0.25) is 0 Å². The SMILES string of the molecule is c1ccc(-c2cccc(-c3ccc(N(c4ccccc4)c4cccc(-c5cccc6c5c5ccccc5n6-c5ccccc5)c4)cc3)c2)cc1. The van der Waals surface area contributed by atoms with E-state index in [0.717, 1.165) is 22.7 Å². The first-order valence-electron chi connectivity index (χ1n) is 17.1. The van der Waals surface area contributed by atoms with Crippen LogP contribution in [0.3, 0.4) is 0 Å². The maximum absolute atomic E-state index is 2.38. The molecule has 2 heteroatoms. The monoisotopic (exact) mass is 638 g/mol. The number of para-hydroxylation sites is 3.